The number of carbonyl (C=O) groups is 2. The van der Waals surface area contributed by atoms with Crippen LogP contribution in [0.4, 0.5) is 10.2 Å². The monoisotopic (exact) mass is 425 g/mol. The quantitative estimate of drug-likeness (QED) is 0.634. The van der Waals surface area contributed by atoms with E-state index in [1.165, 1.54) is 12.1 Å². The lowest BCUT2D eigenvalue weighted by Gasteiger charge is -2.41. The molecule has 0 bridgehead atoms. The van der Waals surface area contributed by atoms with Crippen LogP contribution in [0.15, 0.2) is 30.3 Å². The summed E-state index contributed by atoms with van der Waals surface area (Å²) in [5.74, 6) is 0.846. The van der Waals surface area contributed by atoms with Gasteiger partial charge in [-0.1, -0.05) is 12.1 Å². The molecule has 2 aromatic rings. The fraction of sp³-hybridized carbons (Fsp3) is 0.458. The Bertz CT molecular complexity index is 959. The number of methoxy groups -OCH3 is 1. The Labute approximate surface area is 182 Å². The van der Waals surface area contributed by atoms with Crippen LogP contribution in [0.2, 0.25) is 0 Å². The van der Waals surface area contributed by atoms with Crippen molar-refractivity contribution in [3.8, 4) is 11.1 Å². The molecule has 1 aromatic carbocycles. The number of hydrogen-bond acceptors (Lipinski definition) is 5. The van der Waals surface area contributed by atoms with E-state index in [1.54, 1.807) is 19.2 Å². The van der Waals surface area contributed by atoms with Gasteiger partial charge in [-0.05, 0) is 43.5 Å². The summed E-state index contributed by atoms with van der Waals surface area (Å²) in [6, 6.07) is 8.24. The molecule has 0 spiro atoms. The van der Waals surface area contributed by atoms with Gasteiger partial charge >= 0.3 is 0 Å². The predicted molar refractivity (Wildman–Crippen MR) is 117 cm³/mol. The number of piperazine rings is 1. The van der Waals surface area contributed by atoms with E-state index in [9.17, 15) is 14.0 Å². The second-order valence-corrected chi connectivity index (χ2v) is 8.36. The molecule has 1 saturated carbocycles. The van der Waals surface area contributed by atoms with Gasteiger partial charge < -0.3 is 14.5 Å². The predicted octanol–water partition coefficient (Wildman–Crippen LogP) is 3.65. The van der Waals surface area contributed by atoms with Crippen molar-refractivity contribution >= 4 is 18.0 Å². The van der Waals surface area contributed by atoms with Gasteiger partial charge in [-0.3, -0.25) is 9.59 Å². The van der Waals surface area contributed by atoms with E-state index < -0.39 is 0 Å². The van der Waals surface area contributed by atoms with Gasteiger partial charge in [-0.2, -0.15) is 0 Å². The van der Waals surface area contributed by atoms with Crippen LogP contribution in [0.3, 0.4) is 0 Å². The van der Waals surface area contributed by atoms with Crippen molar-refractivity contribution < 1.29 is 18.7 Å². The molecule has 2 aliphatic rings. The molecule has 2 fully saturated rings. The van der Waals surface area contributed by atoms with Crippen LogP contribution in [-0.2, 0) is 9.53 Å². The van der Waals surface area contributed by atoms with E-state index >= 15 is 0 Å². The second-order valence-electron chi connectivity index (χ2n) is 8.36. The maximum atomic E-state index is 13.4. The lowest BCUT2D eigenvalue weighted by Crippen LogP contribution is -2.54. The van der Waals surface area contributed by atoms with Crippen LogP contribution >= 0.6 is 0 Å². The lowest BCUT2D eigenvalue weighted by atomic mass is 9.99. The summed E-state index contributed by atoms with van der Waals surface area (Å²) in [7, 11) is 1.59. The summed E-state index contributed by atoms with van der Waals surface area (Å²) in [5, 5.41) is 0. The standard InChI is InChI=1S/C24H28FN3O3/c1-16-14-27(10-11-28(16)22(30)9-12-31-2)24-19(15-29)13-21(23(26-24)18-3-4-18)17-5-7-20(25)8-6-17/h5-8,13,15-16,18H,3-4,9-12,14H2,1-2H3. The first-order valence-electron chi connectivity index (χ1n) is 10.8. The number of rotatable bonds is 7. The first-order chi connectivity index (χ1) is 15.0. The Hall–Kier alpha value is -2.80. The van der Waals surface area contributed by atoms with Crippen LogP contribution < -0.4 is 4.90 Å². The number of aromatic nitrogens is 1. The van der Waals surface area contributed by atoms with Crippen molar-refractivity contribution in [1.29, 1.82) is 0 Å². The van der Waals surface area contributed by atoms with Crippen molar-refractivity contribution in [3.63, 3.8) is 0 Å². The average Bonchev–Trinajstić information content (AvgIpc) is 3.62. The van der Waals surface area contributed by atoms with E-state index in [4.69, 9.17) is 9.72 Å². The summed E-state index contributed by atoms with van der Waals surface area (Å²) >= 11 is 0. The fourth-order valence-corrected chi connectivity index (χ4v) is 4.25. The van der Waals surface area contributed by atoms with Crippen LogP contribution in [0, 0.1) is 5.82 Å². The van der Waals surface area contributed by atoms with Gasteiger partial charge in [0.25, 0.3) is 0 Å². The number of benzene rings is 1. The molecular formula is C24H28FN3O3. The van der Waals surface area contributed by atoms with E-state index in [-0.39, 0.29) is 17.8 Å². The second kappa shape index (κ2) is 9.14. The molecule has 4 rings (SSSR count). The number of halogens is 1. The minimum Gasteiger partial charge on any atom is -0.384 e. The molecular weight excluding hydrogens is 397 g/mol. The smallest absolute Gasteiger partial charge is 0.225 e. The van der Waals surface area contributed by atoms with Gasteiger partial charge in [-0.25, -0.2) is 9.37 Å². The highest BCUT2D eigenvalue weighted by molar-refractivity contribution is 5.87. The average molecular weight is 426 g/mol. The SMILES string of the molecule is COCCC(=O)N1CCN(c2nc(C3CC3)c(-c3ccc(F)cc3)cc2C=O)CC1C. The molecule has 1 unspecified atom stereocenters. The third kappa shape index (κ3) is 4.61. The molecule has 6 nitrogen and oxygen atoms in total. The van der Waals surface area contributed by atoms with Crippen LogP contribution in [0.5, 0.6) is 0 Å². The van der Waals surface area contributed by atoms with Gasteiger partial charge in [0.1, 0.15) is 11.6 Å². The summed E-state index contributed by atoms with van der Waals surface area (Å²) in [4.78, 5) is 33.4. The zero-order valence-corrected chi connectivity index (χ0v) is 18.0. The van der Waals surface area contributed by atoms with Gasteiger partial charge in [-0.15, -0.1) is 0 Å². The van der Waals surface area contributed by atoms with E-state index in [0.717, 1.165) is 35.9 Å². The molecule has 2 heterocycles. The number of aldehydes is 1. The van der Waals surface area contributed by atoms with E-state index in [2.05, 4.69) is 4.90 Å². The van der Waals surface area contributed by atoms with Gasteiger partial charge in [0, 0.05) is 44.3 Å². The number of nitrogens with zero attached hydrogens (tertiary/aromatic N) is 3. The molecule has 1 aliphatic heterocycles. The number of amides is 1. The first-order valence-corrected chi connectivity index (χ1v) is 10.8. The summed E-state index contributed by atoms with van der Waals surface area (Å²) in [6.45, 7) is 4.26. The lowest BCUT2D eigenvalue weighted by molar-refractivity contribution is -0.134. The number of ether oxygens (including phenoxy) is 1. The number of carbonyl (C=O) groups excluding carboxylic acids is 2. The van der Waals surface area contributed by atoms with Gasteiger partial charge in [0.05, 0.1) is 24.3 Å². The van der Waals surface area contributed by atoms with Crippen molar-refractivity contribution in [3.05, 3.63) is 47.4 Å². The maximum Gasteiger partial charge on any atom is 0.225 e. The molecule has 7 heteroatoms. The Morgan fingerprint density at radius 2 is 2.00 bits per heavy atom. The van der Waals surface area contributed by atoms with Crippen LogP contribution in [-0.4, -0.2) is 61.5 Å². The number of anilines is 1. The summed E-state index contributed by atoms with van der Waals surface area (Å²) in [5.41, 5.74) is 3.26. The Morgan fingerprint density at radius 1 is 1.26 bits per heavy atom. The Kier molecular flexibility index (Phi) is 6.32. The molecule has 1 amide bonds. The topological polar surface area (TPSA) is 62.7 Å². The number of hydrogen-bond donors (Lipinski definition) is 0. The third-order valence-electron chi connectivity index (χ3n) is 6.07. The largest absolute Gasteiger partial charge is 0.384 e. The Morgan fingerprint density at radius 3 is 2.61 bits per heavy atom. The number of pyridine rings is 1. The zero-order valence-electron chi connectivity index (χ0n) is 18.0. The molecule has 0 N–H and O–H groups in total. The van der Waals surface area contributed by atoms with E-state index in [0.29, 0.717) is 50.0 Å². The van der Waals surface area contributed by atoms with E-state index in [1.807, 2.05) is 17.9 Å². The third-order valence-corrected chi connectivity index (χ3v) is 6.07. The summed E-state index contributed by atoms with van der Waals surface area (Å²) < 4.78 is 18.4. The zero-order chi connectivity index (χ0) is 22.0. The molecule has 1 aliphatic carbocycles. The fourth-order valence-electron chi connectivity index (χ4n) is 4.25. The van der Waals surface area contributed by atoms with Crippen LogP contribution in [0.1, 0.15) is 48.2 Å². The van der Waals surface area contributed by atoms with Crippen LogP contribution in [0.25, 0.3) is 11.1 Å². The van der Waals surface area contributed by atoms with Crippen molar-refractivity contribution in [2.45, 2.75) is 38.1 Å². The molecule has 0 radical (unpaired) electrons. The first kappa shape index (κ1) is 21.4. The minimum atomic E-state index is -0.288. The normalized spacial score (nSPS) is 18.9. The molecule has 31 heavy (non-hydrogen) atoms. The highest BCUT2D eigenvalue weighted by Gasteiger charge is 2.32. The van der Waals surface area contributed by atoms with Crippen molar-refractivity contribution in [1.82, 2.24) is 9.88 Å². The highest BCUT2D eigenvalue weighted by atomic mass is 19.1. The molecule has 1 saturated heterocycles. The molecule has 1 atom stereocenters. The van der Waals surface area contributed by atoms with Crippen molar-refractivity contribution in [2.75, 3.05) is 38.3 Å². The van der Waals surface area contributed by atoms with Gasteiger partial charge in [0.2, 0.25) is 5.91 Å². The minimum absolute atomic E-state index is 0.0144. The van der Waals surface area contributed by atoms with Gasteiger partial charge in [0.15, 0.2) is 6.29 Å². The Balaban J connectivity index is 1.62. The maximum absolute atomic E-state index is 13.4. The molecule has 1 aromatic heterocycles. The summed E-state index contributed by atoms with van der Waals surface area (Å²) in [6.07, 6.45) is 3.35. The highest BCUT2D eigenvalue weighted by Crippen LogP contribution is 2.45. The van der Waals surface area contributed by atoms with Crippen molar-refractivity contribution in [2.24, 2.45) is 0 Å². The molecule has 164 valence electrons.